The zero-order valence-electron chi connectivity index (χ0n) is 27.2. The van der Waals surface area contributed by atoms with Gasteiger partial charge in [0.25, 0.3) is 11.8 Å². The van der Waals surface area contributed by atoms with E-state index in [4.69, 9.17) is 9.47 Å². The van der Waals surface area contributed by atoms with Crippen LogP contribution in [0.3, 0.4) is 0 Å². The van der Waals surface area contributed by atoms with Crippen molar-refractivity contribution >= 4 is 66.0 Å². The molecule has 3 aromatic heterocycles. The molecular formula is C35H45NO4S3. The van der Waals surface area contributed by atoms with Gasteiger partial charge in [0.1, 0.15) is 11.5 Å². The molecule has 5 nitrogen and oxygen atoms in total. The van der Waals surface area contributed by atoms with Crippen LogP contribution < -0.4 is 9.47 Å². The molecule has 0 aliphatic carbocycles. The quantitative estimate of drug-likeness (QED) is 0.145. The number of benzene rings is 1. The zero-order valence-corrected chi connectivity index (χ0v) is 29.7. The summed E-state index contributed by atoms with van der Waals surface area (Å²) in [6.07, 6.45) is 3.02. The second kappa shape index (κ2) is 12.2. The first-order valence-electron chi connectivity index (χ1n) is 15.6. The van der Waals surface area contributed by atoms with Gasteiger partial charge in [-0.1, -0.05) is 62.3 Å². The molecule has 0 bridgehead atoms. The summed E-state index contributed by atoms with van der Waals surface area (Å²) in [5.74, 6) is 2.33. The van der Waals surface area contributed by atoms with E-state index in [1.54, 1.807) is 29.7 Å². The Kier molecular flexibility index (Phi) is 9.05. The highest BCUT2D eigenvalue weighted by Crippen LogP contribution is 2.55. The number of carbonyl (C=O) groups excluding carboxylic acids is 2. The molecule has 0 N–H and O–H groups in total. The molecule has 5 rings (SSSR count). The minimum atomic E-state index is -0.213. The van der Waals surface area contributed by atoms with E-state index in [1.165, 1.54) is 9.78 Å². The third kappa shape index (κ3) is 5.42. The fourth-order valence-electron chi connectivity index (χ4n) is 5.49. The average Bonchev–Trinajstić information content (AvgIpc) is 3.75. The van der Waals surface area contributed by atoms with Crippen LogP contribution in [-0.4, -0.2) is 37.0 Å². The number of imide groups is 1. The Morgan fingerprint density at radius 3 is 1.86 bits per heavy atom. The van der Waals surface area contributed by atoms with Crippen LogP contribution in [0.25, 0.3) is 29.9 Å². The van der Waals surface area contributed by atoms with Gasteiger partial charge in [0, 0.05) is 37.9 Å². The van der Waals surface area contributed by atoms with E-state index in [2.05, 4.69) is 74.4 Å². The normalized spacial score (nSPS) is 14.7. The molecule has 0 saturated carbocycles. The van der Waals surface area contributed by atoms with Gasteiger partial charge >= 0.3 is 0 Å². The predicted molar refractivity (Wildman–Crippen MR) is 184 cm³/mol. The molecule has 0 saturated heterocycles. The minimum absolute atomic E-state index is 0.0791. The highest BCUT2D eigenvalue weighted by atomic mass is 32.1. The highest BCUT2D eigenvalue weighted by molar-refractivity contribution is 7.27. The van der Waals surface area contributed by atoms with Gasteiger partial charge in [-0.25, -0.2) is 0 Å². The number of thiophene rings is 3. The molecular weight excluding hydrogens is 595 g/mol. The summed E-state index contributed by atoms with van der Waals surface area (Å²) in [6.45, 7) is 21.0. The molecule has 2 amide bonds. The molecule has 1 aromatic carbocycles. The fourth-order valence-corrected chi connectivity index (χ4v) is 9.64. The van der Waals surface area contributed by atoms with Gasteiger partial charge in [-0.3, -0.25) is 14.5 Å². The Hall–Kier alpha value is -2.42. The Morgan fingerprint density at radius 2 is 1.33 bits per heavy atom. The maximum absolute atomic E-state index is 13.4. The van der Waals surface area contributed by atoms with Gasteiger partial charge in [0.15, 0.2) is 0 Å². The van der Waals surface area contributed by atoms with Gasteiger partial charge < -0.3 is 9.47 Å². The van der Waals surface area contributed by atoms with Crippen molar-refractivity contribution in [2.24, 2.45) is 11.8 Å². The van der Waals surface area contributed by atoms with Crippen LogP contribution in [0.5, 0.6) is 11.5 Å². The van der Waals surface area contributed by atoms with Gasteiger partial charge in [0.05, 0.1) is 38.6 Å². The number of ether oxygens (including phenoxy) is 2. The fraction of sp³-hybridized carbons (Fsp3) is 0.543. The van der Waals surface area contributed by atoms with Crippen LogP contribution in [0, 0.1) is 11.8 Å². The van der Waals surface area contributed by atoms with Gasteiger partial charge in [-0.2, -0.15) is 0 Å². The third-order valence-electron chi connectivity index (χ3n) is 8.90. The Morgan fingerprint density at radius 1 is 0.791 bits per heavy atom. The monoisotopic (exact) mass is 639 g/mol. The van der Waals surface area contributed by atoms with E-state index in [-0.39, 0.29) is 23.1 Å². The minimum Gasteiger partial charge on any atom is -0.491 e. The van der Waals surface area contributed by atoms with Gasteiger partial charge in [0.2, 0.25) is 0 Å². The first-order chi connectivity index (χ1) is 20.4. The predicted octanol–water partition coefficient (Wildman–Crippen LogP) is 10.7. The molecule has 4 aromatic rings. The van der Waals surface area contributed by atoms with Crippen LogP contribution in [0.4, 0.5) is 0 Å². The third-order valence-corrected chi connectivity index (χ3v) is 13.1. The van der Waals surface area contributed by atoms with Crippen molar-refractivity contribution in [2.45, 2.75) is 92.9 Å². The van der Waals surface area contributed by atoms with E-state index in [1.807, 2.05) is 11.3 Å². The lowest BCUT2D eigenvalue weighted by Gasteiger charge is -2.24. The van der Waals surface area contributed by atoms with Gasteiger partial charge in [-0.15, -0.1) is 34.0 Å². The molecule has 8 heteroatoms. The first-order valence-corrected chi connectivity index (χ1v) is 18.1. The number of hydrogen-bond acceptors (Lipinski definition) is 7. The summed E-state index contributed by atoms with van der Waals surface area (Å²) in [5, 5.41) is 2.13. The number of nitrogens with zero attached hydrogens (tertiary/aromatic N) is 1. The number of fused-ring (bicyclic) bond motifs is 3. The summed E-state index contributed by atoms with van der Waals surface area (Å²) < 4.78 is 15.5. The van der Waals surface area contributed by atoms with E-state index < -0.39 is 0 Å². The summed E-state index contributed by atoms with van der Waals surface area (Å²) in [4.78, 5) is 32.2. The lowest BCUT2D eigenvalue weighted by atomic mass is 9.83. The van der Waals surface area contributed by atoms with Crippen LogP contribution in [0.1, 0.15) is 118 Å². The van der Waals surface area contributed by atoms with E-state index in [0.717, 1.165) is 65.6 Å². The van der Waals surface area contributed by atoms with Crippen LogP contribution in [0.15, 0.2) is 12.1 Å². The highest BCUT2D eigenvalue weighted by Gasteiger charge is 2.41. The second-order valence-electron chi connectivity index (χ2n) is 13.1. The number of amides is 2. The van der Waals surface area contributed by atoms with Crippen LogP contribution in [0.2, 0.25) is 0 Å². The summed E-state index contributed by atoms with van der Waals surface area (Å²) in [7, 11) is 1.59. The molecule has 0 spiro atoms. The second-order valence-corrected chi connectivity index (χ2v) is 16.2. The number of carbonyl (C=O) groups is 2. The summed E-state index contributed by atoms with van der Waals surface area (Å²) >= 11 is 5.08. The van der Waals surface area contributed by atoms with Crippen molar-refractivity contribution in [2.75, 3.05) is 20.3 Å². The molecule has 0 fully saturated rings. The van der Waals surface area contributed by atoms with Crippen LogP contribution >= 0.6 is 34.0 Å². The van der Waals surface area contributed by atoms with Crippen molar-refractivity contribution < 1.29 is 19.1 Å². The number of hydrogen-bond donors (Lipinski definition) is 0. The maximum Gasteiger partial charge on any atom is 0.262 e. The number of rotatable bonds is 12. The molecule has 232 valence electrons. The van der Waals surface area contributed by atoms with Crippen molar-refractivity contribution in [1.82, 2.24) is 4.90 Å². The largest absolute Gasteiger partial charge is 0.491 e. The van der Waals surface area contributed by atoms with Crippen molar-refractivity contribution in [3.05, 3.63) is 33.0 Å². The molecule has 1 unspecified atom stereocenters. The molecule has 4 heterocycles. The first kappa shape index (κ1) is 32.0. The SMILES string of the molecule is CCC(C)c1sc(-c2cc3c(OCC(C)C)c4sc(C(C)(CC)CC)cc4c(OCC(C)C)c3s2)c2c1C(=O)N(C)C2=O. The summed E-state index contributed by atoms with van der Waals surface area (Å²) in [6, 6.07) is 4.52. The van der Waals surface area contributed by atoms with E-state index >= 15 is 0 Å². The lowest BCUT2D eigenvalue weighted by molar-refractivity contribution is 0.0692. The van der Waals surface area contributed by atoms with E-state index in [0.29, 0.717) is 36.2 Å². The Labute approximate surface area is 268 Å². The van der Waals surface area contributed by atoms with Crippen LogP contribution in [-0.2, 0) is 5.41 Å². The van der Waals surface area contributed by atoms with Crippen molar-refractivity contribution in [1.29, 1.82) is 0 Å². The maximum atomic E-state index is 13.4. The van der Waals surface area contributed by atoms with Crippen molar-refractivity contribution in [3.63, 3.8) is 0 Å². The Bertz CT molecular complexity index is 1620. The summed E-state index contributed by atoms with van der Waals surface area (Å²) in [5.41, 5.74) is 1.23. The molecule has 1 atom stereocenters. The molecule has 0 radical (unpaired) electrons. The lowest BCUT2D eigenvalue weighted by Crippen LogP contribution is -2.25. The van der Waals surface area contributed by atoms with Gasteiger partial charge in [-0.05, 0) is 49.1 Å². The average molecular weight is 640 g/mol. The molecule has 1 aliphatic rings. The Balaban J connectivity index is 1.82. The van der Waals surface area contributed by atoms with Crippen molar-refractivity contribution in [3.8, 4) is 21.3 Å². The van der Waals surface area contributed by atoms with E-state index in [9.17, 15) is 9.59 Å². The topological polar surface area (TPSA) is 55.8 Å². The standard InChI is InChI=1S/C35H45NO4S3/c1-11-20(8)29-25-26(34(38)36(10)33(25)37)32(43-29)23-14-21-27(39-16-18(4)5)31-22(15-24(42-31)35(9,12-2)13-3)28(30(21)41-23)40-17-19(6)7/h14-15,18-20H,11-13,16-17H2,1-10H3. The molecule has 1 aliphatic heterocycles. The smallest absolute Gasteiger partial charge is 0.262 e. The zero-order chi connectivity index (χ0) is 31.4. The molecule has 43 heavy (non-hydrogen) atoms.